The number of nitrogens with two attached hydrogens (primary N) is 1. The minimum absolute atomic E-state index is 0.416. The molecule has 0 aliphatic heterocycles. The van der Waals surface area contributed by atoms with Crippen LogP contribution in [0.15, 0.2) is 6.07 Å². The molecule has 0 bridgehead atoms. The number of rotatable bonds is 7. The van der Waals surface area contributed by atoms with Crippen LogP contribution in [0.1, 0.15) is 44.9 Å². The van der Waals surface area contributed by atoms with E-state index in [-0.39, 0.29) is 0 Å². The molecular formula is C14H24N4O. The third-order valence-electron chi connectivity index (χ3n) is 3.56. The summed E-state index contributed by atoms with van der Waals surface area (Å²) < 4.78 is 5.31. The van der Waals surface area contributed by atoms with Crippen molar-refractivity contribution in [2.45, 2.75) is 45.6 Å². The second-order valence-electron chi connectivity index (χ2n) is 5.10. The Labute approximate surface area is 115 Å². The predicted octanol–water partition coefficient (Wildman–Crippen LogP) is 2.59. The van der Waals surface area contributed by atoms with Gasteiger partial charge in [0.15, 0.2) is 5.82 Å². The van der Waals surface area contributed by atoms with Crippen molar-refractivity contribution < 1.29 is 4.74 Å². The molecule has 1 aliphatic carbocycles. The lowest BCUT2D eigenvalue weighted by Gasteiger charge is -2.11. The third kappa shape index (κ3) is 4.67. The maximum absolute atomic E-state index is 5.78. The Hall–Kier alpha value is -1.36. The van der Waals surface area contributed by atoms with Crippen LogP contribution in [-0.4, -0.2) is 23.1 Å². The van der Waals surface area contributed by atoms with E-state index in [4.69, 9.17) is 10.5 Å². The van der Waals surface area contributed by atoms with Crippen LogP contribution in [0.4, 0.5) is 11.6 Å². The molecule has 1 heterocycles. The minimum atomic E-state index is 0.416. The van der Waals surface area contributed by atoms with E-state index in [1.54, 1.807) is 6.07 Å². The zero-order chi connectivity index (χ0) is 13.5. The van der Waals surface area contributed by atoms with Gasteiger partial charge in [0, 0.05) is 19.2 Å². The van der Waals surface area contributed by atoms with Crippen LogP contribution in [0.5, 0.6) is 0 Å². The molecule has 0 saturated heterocycles. The fourth-order valence-corrected chi connectivity index (χ4v) is 2.57. The van der Waals surface area contributed by atoms with Gasteiger partial charge in [0.05, 0.1) is 0 Å². The maximum Gasteiger partial charge on any atom is 0.158 e. The summed E-state index contributed by atoms with van der Waals surface area (Å²) in [5, 5.41) is 3.34. The van der Waals surface area contributed by atoms with Crippen molar-refractivity contribution in [2.75, 3.05) is 24.2 Å². The van der Waals surface area contributed by atoms with E-state index in [1.807, 2.05) is 6.92 Å². The van der Waals surface area contributed by atoms with Crippen molar-refractivity contribution >= 4 is 11.6 Å². The fraction of sp³-hybridized carbons (Fsp3) is 0.714. The van der Waals surface area contributed by atoms with E-state index >= 15 is 0 Å². The molecule has 3 N–H and O–H groups in total. The van der Waals surface area contributed by atoms with Crippen LogP contribution in [0.2, 0.25) is 0 Å². The van der Waals surface area contributed by atoms with Gasteiger partial charge in [0.1, 0.15) is 18.2 Å². The zero-order valence-corrected chi connectivity index (χ0v) is 11.7. The van der Waals surface area contributed by atoms with Crippen LogP contribution in [-0.2, 0) is 11.3 Å². The van der Waals surface area contributed by atoms with Crippen molar-refractivity contribution in [1.29, 1.82) is 0 Å². The molecule has 1 aliphatic rings. The zero-order valence-electron chi connectivity index (χ0n) is 11.7. The van der Waals surface area contributed by atoms with Gasteiger partial charge < -0.3 is 15.8 Å². The Bertz CT molecular complexity index is 391. The van der Waals surface area contributed by atoms with E-state index in [2.05, 4.69) is 15.3 Å². The minimum Gasteiger partial charge on any atom is -0.384 e. The van der Waals surface area contributed by atoms with Gasteiger partial charge in [-0.1, -0.05) is 25.7 Å². The smallest absolute Gasteiger partial charge is 0.158 e. The molecule has 106 valence electrons. The van der Waals surface area contributed by atoms with E-state index < -0.39 is 0 Å². The molecule has 0 unspecified atom stereocenters. The van der Waals surface area contributed by atoms with Crippen molar-refractivity contribution in [2.24, 2.45) is 5.92 Å². The lowest BCUT2D eigenvalue weighted by Crippen LogP contribution is -2.10. The van der Waals surface area contributed by atoms with Gasteiger partial charge in [0.2, 0.25) is 0 Å². The van der Waals surface area contributed by atoms with Crippen LogP contribution in [0.3, 0.4) is 0 Å². The van der Waals surface area contributed by atoms with E-state index in [0.29, 0.717) is 24.9 Å². The highest BCUT2D eigenvalue weighted by molar-refractivity contribution is 5.44. The van der Waals surface area contributed by atoms with Gasteiger partial charge in [-0.15, -0.1) is 0 Å². The normalized spacial score (nSPS) is 15.8. The van der Waals surface area contributed by atoms with E-state index in [0.717, 1.165) is 18.3 Å². The molecule has 1 aromatic heterocycles. The summed E-state index contributed by atoms with van der Waals surface area (Å²) in [6.07, 6.45) is 6.75. The molecule has 1 saturated carbocycles. The summed E-state index contributed by atoms with van der Waals surface area (Å²) in [5.74, 6) is 2.83. The predicted molar refractivity (Wildman–Crippen MR) is 76.8 cm³/mol. The molecule has 0 spiro atoms. The molecule has 0 radical (unpaired) electrons. The quantitative estimate of drug-likeness (QED) is 0.792. The molecule has 5 heteroatoms. The second kappa shape index (κ2) is 7.28. The number of ether oxygens (including phenoxy) is 1. The number of aromatic nitrogens is 2. The number of nitrogens with one attached hydrogen (secondary N) is 1. The summed E-state index contributed by atoms with van der Waals surface area (Å²) in [7, 11) is 0. The molecule has 5 nitrogen and oxygen atoms in total. The third-order valence-corrected chi connectivity index (χ3v) is 3.56. The molecule has 0 amide bonds. The lowest BCUT2D eigenvalue weighted by molar-refractivity contribution is 0.128. The van der Waals surface area contributed by atoms with Crippen LogP contribution in [0, 0.1) is 5.92 Å². The van der Waals surface area contributed by atoms with Gasteiger partial charge in [-0.05, 0) is 19.3 Å². The monoisotopic (exact) mass is 264 g/mol. The lowest BCUT2D eigenvalue weighted by atomic mass is 10.0. The summed E-state index contributed by atoms with van der Waals surface area (Å²) in [4.78, 5) is 8.57. The summed E-state index contributed by atoms with van der Waals surface area (Å²) in [6.45, 7) is 3.98. The average Bonchev–Trinajstić information content (AvgIpc) is 2.89. The Morgan fingerprint density at radius 1 is 1.37 bits per heavy atom. The molecule has 0 aromatic carbocycles. The largest absolute Gasteiger partial charge is 0.384 e. The SMILES string of the molecule is CCOCc1nc(N)cc(NCCC2CCCC2)n1. The van der Waals surface area contributed by atoms with Crippen LogP contribution >= 0.6 is 0 Å². The maximum atomic E-state index is 5.78. The summed E-state index contributed by atoms with van der Waals surface area (Å²) in [6, 6.07) is 1.78. The first-order valence-corrected chi connectivity index (χ1v) is 7.23. The van der Waals surface area contributed by atoms with Crippen LogP contribution < -0.4 is 11.1 Å². The van der Waals surface area contributed by atoms with Gasteiger partial charge in [-0.2, -0.15) is 0 Å². The Kier molecular flexibility index (Phi) is 5.39. The van der Waals surface area contributed by atoms with Gasteiger partial charge in [0.25, 0.3) is 0 Å². The van der Waals surface area contributed by atoms with Gasteiger partial charge in [-0.3, -0.25) is 0 Å². The molecule has 19 heavy (non-hydrogen) atoms. The topological polar surface area (TPSA) is 73.1 Å². The summed E-state index contributed by atoms with van der Waals surface area (Å²) >= 11 is 0. The first-order valence-electron chi connectivity index (χ1n) is 7.23. The first-order chi connectivity index (χ1) is 9.28. The highest BCUT2D eigenvalue weighted by Crippen LogP contribution is 2.27. The standard InChI is InChI=1S/C14H24N4O/c1-2-19-10-14-17-12(15)9-13(18-14)16-8-7-11-5-3-4-6-11/h9,11H,2-8,10H2,1H3,(H3,15,16,17,18). The fourth-order valence-electron chi connectivity index (χ4n) is 2.57. The Balaban J connectivity index is 1.82. The number of nitrogen functional groups attached to an aromatic ring is 1. The van der Waals surface area contributed by atoms with Crippen molar-refractivity contribution in [3.05, 3.63) is 11.9 Å². The van der Waals surface area contributed by atoms with Crippen molar-refractivity contribution in [3.63, 3.8) is 0 Å². The highest BCUT2D eigenvalue weighted by atomic mass is 16.5. The summed E-state index contributed by atoms with van der Waals surface area (Å²) in [5.41, 5.74) is 5.78. The van der Waals surface area contributed by atoms with Gasteiger partial charge >= 0.3 is 0 Å². The number of hydrogen-bond acceptors (Lipinski definition) is 5. The highest BCUT2D eigenvalue weighted by Gasteiger charge is 2.14. The van der Waals surface area contributed by atoms with E-state index in [9.17, 15) is 0 Å². The first kappa shape index (κ1) is 14.1. The number of anilines is 2. The average molecular weight is 264 g/mol. The number of nitrogens with zero attached hydrogens (tertiary/aromatic N) is 2. The van der Waals surface area contributed by atoms with Crippen molar-refractivity contribution in [1.82, 2.24) is 9.97 Å². The molecule has 0 atom stereocenters. The molecular weight excluding hydrogens is 240 g/mol. The molecule has 1 fully saturated rings. The second-order valence-corrected chi connectivity index (χ2v) is 5.10. The Morgan fingerprint density at radius 3 is 2.89 bits per heavy atom. The molecule has 2 rings (SSSR count). The van der Waals surface area contributed by atoms with Gasteiger partial charge in [-0.25, -0.2) is 9.97 Å². The van der Waals surface area contributed by atoms with E-state index in [1.165, 1.54) is 32.1 Å². The van der Waals surface area contributed by atoms with Crippen LogP contribution in [0.25, 0.3) is 0 Å². The Morgan fingerprint density at radius 2 is 2.16 bits per heavy atom. The van der Waals surface area contributed by atoms with Crippen molar-refractivity contribution in [3.8, 4) is 0 Å². The number of hydrogen-bond donors (Lipinski definition) is 2. The molecule has 1 aromatic rings.